The number of carbonyl (C=O) groups excluding carboxylic acids is 1. The molecule has 0 aromatic heterocycles. The molecule has 1 N–H and O–H groups in total. The van der Waals surface area contributed by atoms with Crippen LogP contribution in [0.5, 0.6) is 5.75 Å². The Morgan fingerprint density at radius 3 is 2.59 bits per heavy atom. The average molecular weight is 299 g/mol. The summed E-state index contributed by atoms with van der Waals surface area (Å²) in [4.78, 5) is 10.8. The Morgan fingerprint density at radius 1 is 1.14 bits per heavy atom. The first-order valence-corrected chi connectivity index (χ1v) is 7.44. The first kappa shape index (κ1) is 14.7. The van der Waals surface area contributed by atoms with Crippen molar-refractivity contribution in [3.63, 3.8) is 0 Å². The molecule has 0 bridgehead atoms. The fourth-order valence-electron chi connectivity index (χ4n) is 2.71. The van der Waals surface area contributed by atoms with Gasteiger partial charge >= 0.3 is 0 Å². The van der Waals surface area contributed by atoms with E-state index in [9.17, 15) is 9.18 Å². The molecule has 0 radical (unpaired) electrons. The van der Waals surface area contributed by atoms with Gasteiger partial charge in [-0.25, -0.2) is 4.39 Å². The summed E-state index contributed by atoms with van der Waals surface area (Å²) >= 11 is 0. The molecule has 1 aliphatic rings. The van der Waals surface area contributed by atoms with Crippen LogP contribution < -0.4 is 10.1 Å². The zero-order valence-corrected chi connectivity index (χ0v) is 12.2. The van der Waals surface area contributed by atoms with Crippen LogP contribution in [0.25, 0.3) is 0 Å². The Labute approximate surface area is 129 Å². The van der Waals surface area contributed by atoms with Gasteiger partial charge in [0.25, 0.3) is 0 Å². The minimum absolute atomic E-state index is 0.0398. The second-order valence-corrected chi connectivity index (χ2v) is 5.49. The van der Waals surface area contributed by atoms with Gasteiger partial charge in [-0.2, -0.15) is 0 Å². The monoisotopic (exact) mass is 299 g/mol. The number of hydrogen-bond donors (Lipinski definition) is 1. The summed E-state index contributed by atoms with van der Waals surface area (Å²) in [5, 5.41) is 3.28. The molecule has 0 aliphatic carbocycles. The average Bonchev–Trinajstić information content (AvgIpc) is 3.04. The van der Waals surface area contributed by atoms with E-state index in [1.165, 1.54) is 6.07 Å². The molecular weight excluding hydrogens is 281 g/mol. The zero-order chi connectivity index (χ0) is 15.4. The highest BCUT2D eigenvalue weighted by molar-refractivity contribution is 5.58. The molecule has 2 aromatic rings. The molecular formula is C18H18FNO2. The minimum atomic E-state index is -0.255. The van der Waals surface area contributed by atoms with Crippen molar-refractivity contribution >= 4 is 6.29 Å². The Balaban J connectivity index is 1.60. The first-order valence-electron chi connectivity index (χ1n) is 7.44. The van der Waals surface area contributed by atoms with Crippen molar-refractivity contribution in [2.24, 2.45) is 0 Å². The minimum Gasteiger partial charge on any atom is -0.489 e. The highest BCUT2D eigenvalue weighted by Gasteiger charge is 2.24. The normalized spacial score (nSPS) is 20.8. The van der Waals surface area contributed by atoms with Gasteiger partial charge in [0.05, 0.1) is 6.04 Å². The van der Waals surface area contributed by atoms with Crippen molar-refractivity contribution in [3.8, 4) is 5.75 Å². The van der Waals surface area contributed by atoms with E-state index in [1.807, 2.05) is 24.3 Å². The van der Waals surface area contributed by atoms with Crippen LogP contribution in [0.2, 0.25) is 0 Å². The van der Waals surface area contributed by atoms with Gasteiger partial charge in [0.1, 0.15) is 24.5 Å². The van der Waals surface area contributed by atoms with Gasteiger partial charge in [-0.3, -0.25) is 0 Å². The second kappa shape index (κ2) is 6.71. The number of ether oxygens (including phenoxy) is 1. The number of halogens is 1. The van der Waals surface area contributed by atoms with E-state index >= 15 is 0 Å². The maximum absolute atomic E-state index is 13.5. The zero-order valence-electron chi connectivity index (χ0n) is 12.2. The molecule has 2 atom stereocenters. The SMILES string of the molecule is O=C[C@@H]1CC[C@H](c2ccc(OCc3ccccc3F)cc2)N1. The first-order chi connectivity index (χ1) is 10.8. The van der Waals surface area contributed by atoms with Crippen LogP contribution in [-0.2, 0) is 11.4 Å². The lowest BCUT2D eigenvalue weighted by molar-refractivity contribution is -0.109. The fraction of sp³-hybridized carbons (Fsp3) is 0.278. The molecule has 1 fully saturated rings. The summed E-state index contributed by atoms with van der Waals surface area (Å²) in [6.07, 6.45) is 2.80. The number of rotatable bonds is 5. The van der Waals surface area contributed by atoms with Gasteiger partial charge in [0, 0.05) is 11.6 Å². The lowest BCUT2D eigenvalue weighted by Gasteiger charge is -2.13. The molecule has 0 saturated carbocycles. The van der Waals surface area contributed by atoms with Crippen molar-refractivity contribution in [3.05, 3.63) is 65.5 Å². The molecule has 3 rings (SSSR count). The van der Waals surface area contributed by atoms with Gasteiger partial charge in [-0.1, -0.05) is 30.3 Å². The van der Waals surface area contributed by atoms with Gasteiger partial charge in [0.15, 0.2) is 0 Å². The molecule has 0 amide bonds. The predicted molar refractivity (Wildman–Crippen MR) is 82.1 cm³/mol. The molecule has 4 heteroatoms. The van der Waals surface area contributed by atoms with Crippen LogP contribution in [0.15, 0.2) is 48.5 Å². The van der Waals surface area contributed by atoms with E-state index in [2.05, 4.69) is 5.32 Å². The van der Waals surface area contributed by atoms with Crippen LogP contribution in [0.1, 0.15) is 30.0 Å². The summed E-state index contributed by atoms with van der Waals surface area (Å²) in [5.74, 6) is 0.450. The van der Waals surface area contributed by atoms with E-state index in [1.54, 1.807) is 18.2 Å². The van der Waals surface area contributed by atoms with Gasteiger partial charge in [-0.15, -0.1) is 0 Å². The molecule has 114 valence electrons. The largest absolute Gasteiger partial charge is 0.489 e. The quantitative estimate of drug-likeness (QED) is 0.860. The highest BCUT2D eigenvalue weighted by Crippen LogP contribution is 2.27. The van der Waals surface area contributed by atoms with Crippen molar-refractivity contribution in [2.75, 3.05) is 0 Å². The van der Waals surface area contributed by atoms with Crippen LogP contribution >= 0.6 is 0 Å². The molecule has 1 saturated heterocycles. The third-order valence-corrected chi connectivity index (χ3v) is 3.98. The van der Waals surface area contributed by atoms with Crippen molar-refractivity contribution in [1.82, 2.24) is 5.32 Å². The Bertz CT molecular complexity index is 642. The third-order valence-electron chi connectivity index (χ3n) is 3.98. The Hall–Kier alpha value is -2.20. The smallest absolute Gasteiger partial charge is 0.136 e. The van der Waals surface area contributed by atoms with Crippen molar-refractivity contribution < 1.29 is 13.9 Å². The van der Waals surface area contributed by atoms with Gasteiger partial charge in [0.2, 0.25) is 0 Å². The van der Waals surface area contributed by atoms with Crippen molar-refractivity contribution in [1.29, 1.82) is 0 Å². The number of nitrogens with one attached hydrogen (secondary N) is 1. The Morgan fingerprint density at radius 2 is 1.91 bits per heavy atom. The topological polar surface area (TPSA) is 38.3 Å². The maximum atomic E-state index is 13.5. The molecule has 22 heavy (non-hydrogen) atoms. The lowest BCUT2D eigenvalue weighted by atomic mass is 10.1. The van der Waals surface area contributed by atoms with E-state index < -0.39 is 0 Å². The van der Waals surface area contributed by atoms with Crippen molar-refractivity contribution in [2.45, 2.75) is 31.5 Å². The van der Waals surface area contributed by atoms with E-state index in [4.69, 9.17) is 4.74 Å². The molecule has 0 unspecified atom stereocenters. The van der Waals surface area contributed by atoms with Gasteiger partial charge < -0.3 is 14.8 Å². The summed E-state index contributed by atoms with van der Waals surface area (Å²) in [6.45, 7) is 0.209. The van der Waals surface area contributed by atoms with Crippen LogP contribution in [0.4, 0.5) is 4.39 Å². The molecule has 0 spiro atoms. The predicted octanol–water partition coefficient (Wildman–Crippen LogP) is 3.40. The van der Waals surface area contributed by atoms with Crippen LogP contribution in [0.3, 0.4) is 0 Å². The maximum Gasteiger partial charge on any atom is 0.136 e. The number of carbonyl (C=O) groups is 1. The standard InChI is InChI=1S/C18H18FNO2/c19-17-4-2-1-3-14(17)12-22-16-8-5-13(6-9-16)18-10-7-15(11-21)20-18/h1-6,8-9,11,15,18,20H,7,10,12H2/t15-,18+/m0/s1. The molecule has 1 heterocycles. The lowest BCUT2D eigenvalue weighted by Crippen LogP contribution is -2.25. The number of hydrogen-bond acceptors (Lipinski definition) is 3. The van der Waals surface area contributed by atoms with E-state index in [0.717, 1.165) is 24.7 Å². The second-order valence-electron chi connectivity index (χ2n) is 5.49. The summed E-state index contributed by atoms with van der Waals surface area (Å²) in [5.41, 5.74) is 1.68. The molecule has 2 aromatic carbocycles. The van der Waals surface area contributed by atoms with Crippen LogP contribution in [0, 0.1) is 5.82 Å². The number of aldehydes is 1. The van der Waals surface area contributed by atoms with E-state index in [-0.39, 0.29) is 24.5 Å². The molecule has 3 nitrogen and oxygen atoms in total. The Kier molecular flexibility index (Phi) is 4.49. The summed E-state index contributed by atoms with van der Waals surface area (Å²) < 4.78 is 19.1. The molecule has 1 aliphatic heterocycles. The summed E-state index contributed by atoms with van der Waals surface area (Å²) in [6, 6.07) is 14.5. The highest BCUT2D eigenvalue weighted by atomic mass is 19.1. The fourth-order valence-corrected chi connectivity index (χ4v) is 2.71. The number of benzene rings is 2. The van der Waals surface area contributed by atoms with E-state index in [0.29, 0.717) is 11.3 Å². The summed E-state index contributed by atoms with van der Waals surface area (Å²) in [7, 11) is 0. The third kappa shape index (κ3) is 3.34. The van der Waals surface area contributed by atoms with Crippen LogP contribution in [-0.4, -0.2) is 12.3 Å². The van der Waals surface area contributed by atoms with Gasteiger partial charge in [-0.05, 0) is 36.6 Å².